The molecule has 1 heterocycles. The Morgan fingerprint density at radius 3 is 2.23 bits per heavy atom. The summed E-state index contributed by atoms with van der Waals surface area (Å²) in [6.07, 6.45) is 0. The van der Waals surface area contributed by atoms with Crippen molar-refractivity contribution < 1.29 is 31.1 Å². The average molecular weight is 588 g/mol. The van der Waals surface area contributed by atoms with Crippen LogP contribution in [0.2, 0.25) is 0 Å². The molecule has 3 aromatic carbocycles. The van der Waals surface area contributed by atoms with Gasteiger partial charge in [0.15, 0.2) is 0 Å². The molecule has 1 aliphatic rings. The third-order valence-electron chi connectivity index (χ3n) is 6.50. The molecule has 4 rings (SSSR count). The van der Waals surface area contributed by atoms with E-state index < -0.39 is 32.5 Å². The van der Waals surface area contributed by atoms with E-state index in [2.05, 4.69) is 5.32 Å². The maximum atomic E-state index is 13.6. The Morgan fingerprint density at radius 2 is 1.62 bits per heavy atom. The number of carbonyl (C=O) groups excluding carboxylic acids is 1. The van der Waals surface area contributed by atoms with Gasteiger partial charge in [0, 0.05) is 18.8 Å². The van der Waals surface area contributed by atoms with Crippen molar-refractivity contribution in [1.29, 1.82) is 0 Å². The Kier molecular flexibility index (Phi) is 9.14. The molecule has 0 saturated carbocycles. The van der Waals surface area contributed by atoms with E-state index in [4.69, 9.17) is 9.47 Å². The van der Waals surface area contributed by atoms with E-state index in [-0.39, 0.29) is 53.4 Å². The zero-order valence-electron chi connectivity index (χ0n) is 22.6. The van der Waals surface area contributed by atoms with Gasteiger partial charge < -0.3 is 14.8 Å². The highest BCUT2D eigenvalue weighted by Gasteiger charge is 2.31. The SMILES string of the molecule is COc1ccc(NC(=O)CN(c2ccc(C(C)C)cc2)S(=O)(=O)c2ccccc2)cc1S(=O)(=O)N1CCOCC1. The fourth-order valence-corrected chi connectivity index (χ4v) is 7.30. The Bertz CT molecular complexity index is 1540. The summed E-state index contributed by atoms with van der Waals surface area (Å²) in [5.41, 5.74) is 1.54. The van der Waals surface area contributed by atoms with Gasteiger partial charge >= 0.3 is 0 Å². The Morgan fingerprint density at radius 1 is 0.975 bits per heavy atom. The molecule has 0 spiro atoms. The first-order valence-electron chi connectivity index (χ1n) is 12.8. The standard InChI is InChI=1S/C28H33N3O7S2/c1-21(2)22-9-12-24(13-10-22)31(39(33,34)25-7-5-4-6-8-25)20-28(32)29-23-11-14-26(37-3)27(19-23)40(35,36)30-15-17-38-18-16-30/h4-14,19,21H,15-18,20H2,1-3H3,(H,29,32). The van der Waals surface area contributed by atoms with E-state index in [9.17, 15) is 21.6 Å². The van der Waals surface area contributed by atoms with Crippen molar-refractivity contribution in [3.05, 3.63) is 78.4 Å². The molecule has 0 aliphatic carbocycles. The van der Waals surface area contributed by atoms with E-state index in [0.717, 1.165) is 9.87 Å². The Labute approximate surface area is 235 Å². The van der Waals surface area contributed by atoms with Crippen molar-refractivity contribution in [3.8, 4) is 5.75 Å². The monoisotopic (exact) mass is 587 g/mol. The van der Waals surface area contributed by atoms with Gasteiger partial charge in [0.2, 0.25) is 15.9 Å². The summed E-state index contributed by atoms with van der Waals surface area (Å²) in [4.78, 5) is 13.2. The van der Waals surface area contributed by atoms with Crippen molar-refractivity contribution in [3.63, 3.8) is 0 Å². The quantitative estimate of drug-likeness (QED) is 0.384. The molecule has 1 aliphatic heterocycles. The van der Waals surface area contributed by atoms with Gasteiger partial charge in [-0.25, -0.2) is 16.8 Å². The first kappa shape index (κ1) is 29.5. The molecule has 1 amide bonds. The van der Waals surface area contributed by atoms with Crippen molar-refractivity contribution in [2.24, 2.45) is 0 Å². The number of methoxy groups -OCH3 is 1. The number of anilines is 2. The van der Waals surface area contributed by atoms with Gasteiger partial charge in [0.1, 0.15) is 17.2 Å². The van der Waals surface area contributed by atoms with E-state index in [1.165, 1.54) is 41.7 Å². The van der Waals surface area contributed by atoms with Gasteiger partial charge in [-0.3, -0.25) is 9.10 Å². The lowest BCUT2D eigenvalue weighted by atomic mass is 10.0. The molecule has 0 radical (unpaired) electrons. The highest BCUT2D eigenvalue weighted by Crippen LogP contribution is 2.31. The van der Waals surface area contributed by atoms with Crippen LogP contribution >= 0.6 is 0 Å². The van der Waals surface area contributed by atoms with Crippen molar-refractivity contribution in [2.45, 2.75) is 29.6 Å². The predicted octanol–water partition coefficient (Wildman–Crippen LogP) is 3.67. The summed E-state index contributed by atoms with van der Waals surface area (Å²) in [5.74, 6) is -0.273. The lowest BCUT2D eigenvalue weighted by Gasteiger charge is -2.27. The second-order valence-corrected chi connectivity index (χ2v) is 13.3. The van der Waals surface area contributed by atoms with Crippen LogP contribution < -0.4 is 14.4 Å². The van der Waals surface area contributed by atoms with Crippen LogP contribution in [0.25, 0.3) is 0 Å². The number of morpholine rings is 1. The third-order valence-corrected chi connectivity index (χ3v) is 10.2. The minimum Gasteiger partial charge on any atom is -0.495 e. The molecular weight excluding hydrogens is 554 g/mol. The van der Waals surface area contributed by atoms with Gasteiger partial charge in [0.05, 0.1) is 30.9 Å². The second kappa shape index (κ2) is 12.4. The molecule has 0 bridgehead atoms. The molecule has 0 atom stereocenters. The maximum Gasteiger partial charge on any atom is 0.264 e. The second-order valence-electron chi connectivity index (χ2n) is 9.50. The van der Waals surface area contributed by atoms with Crippen LogP contribution in [-0.4, -0.2) is 67.0 Å². The number of nitrogens with zero attached hydrogens (tertiary/aromatic N) is 2. The van der Waals surface area contributed by atoms with Crippen LogP contribution in [0.1, 0.15) is 25.3 Å². The zero-order chi connectivity index (χ0) is 28.9. The third kappa shape index (κ3) is 6.47. The summed E-state index contributed by atoms with van der Waals surface area (Å²) in [6.45, 7) is 4.49. The number of ether oxygens (including phenoxy) is 2. The molecule has 40 heavy (non-hydrogen) atoms. The Balaban J connectivity index is 1.63. The number of benzene rings is 3. The predicted molar refractivity (Wildman–Crippen MR) is 153 cm³/mol. The molecule has 1 saturated heterocycles. The number of hydrogen-bond donors (Lipinski definition) is 1. The van der Waals surface area contributed by atoms with Crippen molar-refractivity contribution >= 4 is 37.3 Å². The first-order valence-corrected chi connectivity index (χ1v) is 15.7. The van der Waals surface area contributed by atoms with Gasteiger partial charge in [0.25, 0.3) is 10.0 Å². The summed E-state index contributed by atoms with van der Waals surface area (Å²) < 4.78 is 66.8. The number of rotatable bonds is 10. The van der Waals surface area contributed by atoms with Crippen molar-refractivity contribution in [2.75, 3.05) is 49.6 Å². The van der Waals surface area contributed by atoms with E-state index in [1.807, 2.05) is 26.0 Å². The number of sulfonamides is 2. The largest absolute Gasteiger partial charge is 0.495 e. The smallest absolute Gasteiger partial charge is 0.264 e. The summed E-state index contributed by atoms with van der Waals surface area (Å²) >= 11 is 0. The molecular formula is C28H33N3O7S2. The van der Waals surface area contributed by atoms with Crippen LogP contribution in [0.5, 0.6) is 5.75 Å². The number of carbonyl (C=O) groups is 1. The van der Waals surface area contributed by atoms with E-state index in [1.54, 1.807) is 30.3 Å². The molecule has 1 fully saturated rings. The van der Waals surface area contributed by atoms with Crippen LogP contribution in [0.4, 0.5) is 11.4 Å². The maximum absolute atomic E-state index is 13.6. The average Bonchev–Trinajstić information content (AvgIpc) is 2.96. The Hall–Kier alpha value is -3.45. The van der Waals surface area contributed by atoms with Gasteiger partial charge in [-0.15, -0.1) is 0 Å². The highest BCUT2D eigenvalue weighted by molar-refractivity contribution is 7.92. The minimum absolute atomic E-state index is 0.0408. The molecule has 0 unspecified atom stereocenters. The van der Waals surface area contributed by atoms with Crippen LogP contribution in [0, 0.1) is 0 Å². The van der Waals surface area contributed by atoms with Crippen LogP contribution in [0.15, 0.2) is 82.6 Å². The fourth-order valence-electron chi connectivity index (χ4n) is 4.27. The lowest BCUT2D eigenvalue weighted by molar-refractivity contribution is -0.114. The fraction of sp³-hybridized carbons (Fsp3) is 0.321. The van der Waals surface area contributed by atoms with E-state index in [0.29, 0.717) is 5.69 Å². The van der Waals surface area contributed by atoms with Crippen LogP contribution in [-0.2, 0) is 29.6 Å². The van der Waals surface area contributed by atoms with Gasteiger partial charge in [-0.05, 0) is 53.9 Å². The molecule has 12 heteroatoms. The summed E-state index contributed by atoms with van der Waals surface area (Å²) in [6, 6.07) is 19.1. The molecule has 214 valence electrons. The first-order chi connectivity index (χ1) is 19.0. The zero-order valence-corrected chi connectivity index (χ0v) is 24.2. The summed E-state index contributed by atoms with van der Waals surface area (Å²) in [5, 5.41) is 2.65. The van der Waals surface area contributed by atoms with E-state index >= 15 is 0 Å². The molecule has 10 nitrogen and oxygen atoms in total. The minimum atomic E-state index is -4.09. The summed E-state index contributed by atoms with van der Waals surface area (Å²) in [7, 11) is -6.66. The van der Waals surface area contributed by atoms with Gasteiger partial charge in [-0.2, -0.15) is 4.31 Å². The normalized spacial score (nSPS) is 14.6. The number of nitrogens with one attached hydrogen (secondary N) is 1. The number of hydrogen-bond acceptors (Lipinski definition) is 7. The van der Waals surface area contributed by atoms with Crippen LogP contribution in [0.3, 0.4) is 0 Å². The number of amides is 1. The topological polar surface area (TPSA) is 122 Å². The lowest BCUT2D eigenvalue weighted by Crippen LogP contribution is -2.40. The molecule has 1 N–H and O–H groups in total. The van der Waals surface area contributed by atoms with Crippen molar-refractivity contribution in [1.82, 2.24) is 4.31 Å². The molecule has 3 aromatic rings. The molecule has 0 aromatic heterocycles. The van der Waals surface area contributed by atoms with Gasteiger partial charge in [-0.1, -0.05) is 44.2 Å². The highest BCUT2D eigenvalue weighted by atomic mass is 32.2.